The highest BCUT2D eigenvalue weighted by Crippen LogP contribution is 2.32. The Hall–Kier alpha value is -0.750. The van der Waals surface area contributed by atoms with Gasteiger partial charge in [0.25, 0.3) is 0 Å². The smallest absolute Gasteiger partial charge is 0.121 e. The first-order valence-corrected chi connectivity index (χ1v) is 7.53. The zero-order valence-electron chi connectivity index (χ0n) is 11.2. The van der Waals surface area contributed by atoms with E-state index >= 15 is 0 Å². The Balaban J connectivity index is 1.53. The summed E-state index contributed by atoms with van der Waals surface area (Å²) in [4.78, 5) is 1.26. The molecule has 0 unspecified atom stereocenters. The van der Waals surface area contributed by atoms with Crippen molar-refractivity contribution in [2.24, 2.45) is 0 Å². The third-order valence-electron chi connectivity index (χ3n) is 3.75. The first kappa shape index (κ1) is 13.2. The number of methoxy groups -OCH3 is 1. The molecule has 0 aromatic heterocycles. The maximum absolute atomic E-state index is 5.85. The van der Waals surface area contributed by atoms with Gasteiger partial charge in [0.05, 0.1) is 13.7 Å². The van der Waals surface area contributed by atoms with Crippen LogP contribution in [0.2, 0.25) is 0 Å². The van der Waals surface area contributed by atoms with Crippen molar-refractivity contribution < 1.29 is 9.47 Å². The molecular formula is C14H20N2O2S. The molecule has 0 saturated carbocycles. The minimum absolute atomic E-state index is 0.0308. The standard InChI is InChI=1S/C14H20N2O2S/c1-17-12-2-4-13(5-3-12)19-16-9-6-14(7-10-16)15-8-11-18-14/h2-5,15H,6-11H2,1H3. The van der Waals surface area contributed by atoms with Crippen molar-refractivity contribution in [1.82, 2.24) is 9.62 Å². The van der Waals surface area contributed by atoms with Crippen molar-refractivity contribution in [3.05, 3.63) is 24.3 Å². The summed E-state index contributed by atoms with van der Waals surface area (Å²) in [7, 11) is 1.70. The molecule has 0 atom stereocenters. The summed E-state index contributed by atoms with van der Waals surface area (Å²) in [6.45, 7) is 3.96. The van der Waals surface area contributed by atoms with Gasteiger partial charge in [-0.3, -0.25) is 5.32 Å². The molecule has 2 fully saturated rings. The quantitative estimate of drug-likeness (QED) is 0.858. The van der Waals surface area contributed by atoms with Gasteiger partial charge in [0.1, 0.15) is 11.5 Å². The van der Waals surface area contributed by atoms with Gasteiger partial charge < -0.3 is 9.47 Å². The number of ether oxygens (including phenoxy) is 2. The number of nitrogens with one attached hydrogen (secondary N) is 1. The minimum Gasteiger partial charge on any atom is -0.497 e. The van der Waals surface area contributed by atoms with Crippen molar-refractivity contribution in [3.63, 3.8) is 0 Å². The van der Waals surface area contributed by atoms with E-state index in [1.165, 1.54) is 4.90 Å². The number of rotatable bonds is 3. The fourth-order valence-corrected chi connectivity index (χ4v) is 3.54. The molecule has 2 aliphatic rings. The Kier molecular flexibility index (Phi) is 3.98. The van der Waals surface area contributed by atoms with E-state index in [0.29, 0.717) is 0 Å². The second-order valence-electron chi connectivity index (χ2n) is 4.97. The summed E-state index contributed by atoms with van der Waals surface area (Å²) in [6, 6.07) is 8.24. The van der Waals surface area contributed by atoms with Crippen LogP contribution in [-0.4, -0.2) is 43.4 Å². The lowest BCUT2D eigenvalue weighted by Gasteiger charge is -2.37. The minimum atomic E-state index is -0.0308. The van der Waals surface area contributed by atoms with E-state index in [2.05, 4.69) is 21.8 Å². The van der Waals surface area contributed by atoms with Crippen LogP contribution in [0.25, 0.3) is 0 Å². The highest BCUT2D eigenvalue weighted by Gasteiger charge is 2.38. The first-order chi connectivity index (χ1) is 9.30. The maximum atomic E-state index is 5.85. The Bertz CT molecular complexity index is 408. The summed E-state index contributed by atoms with van der Waals surface area (Å²) < 4.78 is 13.4. The predicted octanol–water partition coefficient (Wildman–Crippen LogP) is 2.11. The Labute approximate surface area is 118 Å². The van der Waals surface area contributed by atoms with Crippen LogP contribution in [0.1, 0.15) is 12.8 Å². The average molecular weight is 280 g/mol. The van der Waals surface area contributed by atoms with Crippen molar-refractivity contribution in [1.29, 1.82) is 0 Å². The van der Waals surface area contributed by atoms with E-state index < -0.39 is 0 Å². The molecule has 2 aliphatic heterocycles. The van der Waals surface area contributed by atoms with E-state index in [4.69, 9.17) is 9.47 Å². The van der Waals surface area contributed by atoms with Crippen LogP contribution >= 0.6 is 11.9 Å². The van der Waals surface area contributed by atoms with Gasteiger partial charge in [0, 0.05) is 37.4 Å². The molecule has 1 aromatic carbocycles. The van der Waals surface area contributed by atoms with E-state index in [9.17, 15) is 0 Å². The van der Waals surface area contributed by atoms with Crippen molar-refractivity contribution in [3.8, 4) is 5.75 Å². The highest BCUT2D eigenvalue weighted by atomic mass is 32.2. The largest absolute Gasteiger partial charge is 0.497 e. The number of hydrogen-bond acceptors (Lipinski definition) is 5. The fourth-order valence-electron chi connectivity index (χ4n) is 2.62. The average Bonchev–Trinajstić information content (AvgIpc) is 2.91. The molecule has 19 heavy (non-hydrogen) atoms. The third kappa shape index (κ3) is 3.05. The summed E-state index contributed by atoms with van der Waals surface area (Å²) in [6.07, 6.45) is 2.13. The third-order valence-corrected chi connectivity index (χ3v) is 4.86. The molecule has 5 heteroatoms. The van der Waals surface area contributed by atoms with Crippen LogP contribution in [-0.2, 0) is 4.74 Å². The zero-order valence-corrected chi connectivity index (χ0v) is 12.0. The predicted molar refractivity (Wildman–Crippen MR) is 76.3 cm³/mol. The maximum Gasteiger partial charge on any atom is 0.121 e. The van der Waals surface area contributed by atoms with Crippen molar-refractivity contribution >= 4 is 11.9 Å². The van der Waals surface area contributed by atoms with E-state index in [1.54, 1.807) is 7.11 Å². The molecule has 2 heterocycles. The van der Waals surface area contributed by atoms with Gasteiger partial charge in [0.2, 0.25) is 0 Å². The SMILES string of the molecule is COc1ccc(SN2CCC3(CC2)NCCO3)cc1. The second-order valence-corrected chi connectivity index (χ2v) is 6.14. The van der Waals surface area contributed by atoms with Crippen LogP contribution in [0.3, 0.4) is 0 Å². The number of benzene rings is 1. The summed E-state index contributed by atoms with van der Waals surface area (Å²) in [5, 5.41) is 3.50. The molecule has 1 aromatic rings. The molecule has 1 N–H and O–H groups in total. The Morgan fingerprint density at radius 2 is 2.00 bits per heavy atom. The lowest BCUT2D eigenvalue weighted by atomic mass is 10.0. The molecule has 0 radical (unpaired) electrons. The van der Waals surface area contributed by atoms with Crippen molar-refractivity contribution in [2.45, 2.75) is 23.5 Å². The molecule has 0 amide bonds. The second kappa shape index (κ2) is 5.71. The normalized spacial score (nSPS) is 22.8. The molecule has 0 aliphatic carbocycles. The summed E-state index contributed by atoms with van der Waals surface area (Å²) in [5.74, 6) is 0.908. The van der Waals surface area contributed by atoms with Gasteiger partial charge in [0.15, 0.2) is 0 Å². The van der Waals surface area contributed by atoms with E-state index in [-0.39, 0.29) is 5.72 Å². The summed E-state index contributed by atoms with van der Waals surface area (Å²) >= 11 is 1.82. The Morgan fingerprint density at radius 3 is 2.58 bits per heavy atom. The molecule has 3 rings (SSSR count). The lowest BCUT2D eigenvalue weighted by molar-refractivity contribution is -0.0434. The van der Waals surface area contributed by atoms with Gasteiger partial charge in [-0.25, -0.2) is 4.31 Å². The van der Waals surface area contributed by atoms with Gasteiger partial charge >= 0.3 is 0 Å². The number of nitrogens with zero attached hydrogens (tertiary/aromatic N) is 1. The fraction of sp³-hybridized carbons (Fsp3) is 0.571. The Morgan fingerprint density at radius 1 is 1.26 bits per heavy atom. The molecular weight excluding hydrogens is 260 g/mol. The number of hydrogen-bond donors (Lipinski definition) is 1. The molecule has 2 saturated heterocycles. The molecule has 104 valence electrons. The van der Waals surface area contributed by atoms with Gasteiger partial charge in [-0.2, -0.15) is 0 Å². The topological polar surface area (TPSA) is 33.7 Å². The van der Waals surface area contributed by atoms with Crippen LogP contribution in [0, 0.1) is 0 Å². The van der Waals surface area contributed by atoms with Crippen LogP contribution in [0.15, 0.2) is 29.2 Å². The first-order valence-electron chi connectivity index (χ1n) is 6.76. The van der Waals surface area contributed by atoms with Gasteiger partial charge in [-0.1, -0.05) is 0 Å². The molecule has 1 spiro atoms. The monoisotopic (exact) mass is 280 g/mol. The number of piperidine rings is 1. The highest BCUT2D eigenvalue weighted by molar-refractivity contribution is 7.97. The lowest BCUT2D eigenvalue weighted by Crippen LogP contribution is -2.49. The van der Waals surface area contributed by atoms with E-state index in [0.717, 1.165) is 44.8 Å². The van der Waals surface area contributed by atoms with Crippen molar-refractivity contribution in [2.75, 3.05) is 33.4 Å². The van der Waals surface area contributed by atoms with Gasteiger partial charge in [-0.15, -0.1) is 0 Å². The van der Waals surface area contributed by atoms with Crippen LogP contribution < -0.4 is 10.1 Å². The van der Waals surface area contributed by atoms with Crippen LogP contribution in [0.5, 0.6) is 5.75 Å². The molecule has 4 nitrogen and oxygen atoms in total. The molecule has 0 bridgehead atoms. The van der Waals surface area contributed by atoms with Crippen LogP contribution in [0.4, 0.5) is 0 Å². The zero-order chi connectivity index (χ0) is 13.1. The summed E-state index contributed by atoms with van der Waals surface area (Å²) in [5.41, 5.74) is -0.0308. The van der Waals surface area contributed by atoms with E-state index in [1.807, 2.05) is 24.1 Å². The van der Waals surface area contributed by atoms with Gasteiger partial charge in [-0.05, 0) is 36.2 Å².